The Morgan fingerprint density at radius 3 is 2.47 bits per heavy atom. The van der Waals surface area contributed by atoms with Crippen LogP contribution in [0.4, 0.5) is 5.82 Å². The van der Waals surface area contributed by atoms with Crippen LogP contribution in [0.15, 0.2) is 39.9 Å². The SMILES string of the molecule is CCn1c(=O)c(C(=O)CN2CCC[C@@H](C(N)=O)C2)c(N)n(Cc2ccccc2)c1=O. The number of hydrogen-bond acceptors (Lipinski definition) is 6. The quantitative estimate of drug-likeness (QED) is 0.616. The summed E-state index contributed by atoms with van der Waals surface area (Å²) in [4.78, 5) is 52.0. The molecule has 2 aromatic rings. The molecule has 1 atom stereocenters. The number of carbonyl (C=O) groups excluding carboxylic acids is 2. The van der Waals surface area contributed by atoms with Crippen molar-refractivity contribution in [2.24, 2.45) is 11.7 Å². The number of primary amides is 1. The largest absolute Gasteiger partial charge is 0.384 e. The van der Waals surface area contributed by atoms with E-state index in [9.17, 15) is 19.2 Å². The number of rotatable bonds is 7. The molecule has 4 N–H and O–H groups in total. The average Bonchev–Trinajstić information content (AvgIpc) is 2.72. The number of nitrogens with two attached hydrogens (primary N) is 2. The number of amides is 1. The first kappa shape index (κ1) is 21.5. The number of nitrogens with zero attached hydrogens (tertiary/aromatic N) is 3. The second-order valence-corrected chi connectivity index (χ2v) is 7.56. The predicted octanol–water partition coefficient (Wildman–Crippen LogP) is 0.0404. The summed E-state index contributed by atoms with van der Waals surface area (Å²) in [5.74, 6) is -1.31. The first-order valence-electron chi connectivity index (χ1n) is 10.0. The molecule has 0 radical (unpaired) electrons. The maximum Gasteiger partial charge on any atom is 0.332 e. The molecule has 30 heavy (non-hydrogen) atoms. The van der Waals surface area contributed by atoms with Crippen LogP contribution in [0.1, 0.15) is 35.7 Å². The Balaban J connectivity index is 1.96. The minimum Gasteiger partial charge on any atom is -0.384 e. The summed E-state index contributed by atoms with van der Waals surface area (Å²) >= 11 is 0. The number of anilines is 1. The average molecular weight is 413 g/mol. The normalized spacial score (nSPS) is 17.0. The van der Waals surface area contributed by atoms with Crippen molar-refractivity contribution < 1.29 is 9.59 Å². The molecule has 2 heterocycles. The topological polar surface area (TPSA) is 133 Å². The third-order valence-corrected chi connectivity index (χ3v) is 5.52. The zero-order valence-electron chi connectivity index (χ0n) is 17.0. The Kier molecular flexibility index (Phi) is 6.51. The lowest BCUT2D eigenvalue weighted by atomic mass is 9.97. The van der Waals surface area contributed by atoms with Crippen LogP contribution in [-0.4, -0.2) is 45.4 Å². The van der Waals surface area contributed by atoms with Crippen LogP contribution in [-0.2, 0) is 17.9 Å². The van der Waals surface area contributed by atoms with Gasteiger partial charge in [-0.05, 0) is 31.9 Å². The molecule has 1 aliphatic heterocycles. The number of benzene rings is 1. The van der Waals surface area contributed by atoms with Crippen LogP contribution in [0.3, 0.4) is 0 Å². The molecule has 1 aliphatic rings. The Labute approximate surface area is 173 Å². The van der Waals surface area contributed by atoms with Gasteiger partial charge < -0.3 is 11.5 Å². The third-order valence-electron chi connectivity index (χ3n) is 5.52. The molecular formula is C21H27N5O4. The molecule has 160 valence electrons. The zero-order valence-corrected chi connectivity index (χ0v) is 17.0. The number of nitrogen functional groups attached to an aromatic ring is 1. The smallest absolute Gasteiger partial charge is 0.332 e. The second kappa shape index (κ2) is 9.08. The highest BCUT2D eigenvalue weighted by Gasteiger charge is 2.28. The molecule has 1 saturated heterocycles. The molecule has 9 heteroatoms. The Morgan fingerprint density at radius 2 is 1.83 bits per heavy atom. The number of aromatic nitrogens is 2. The van der Waals surface area contributed by atoms with Gasteiger partial charge in [-0.3, -0.25) is 28.4 Å². The van der Waals surface area contributed by atoms with E-state index in [0.717, 1.165) is 16.6 Å². The zero-order chi connectivity index (χ0) is 21.8. The van der Waals surface area contributed by atoms with E-state index in [1.54, 1.807) is 6.92 Å². The lowest BCUT2D eigenvalue weighted by molar-refractivity contribution is -0.123. The third kappa shape index (κ3) is 4.35. The molecule has 0 bridgehead atoms. The summed E-state index contributed by atoms with van der Waals surface area (Å²) in [5, 5.41) is 0. The van der Waals surface area contributed by atoms with Gasteiger partial charge in [0.25, 0.3) is 5.56 Å². The summed E-state index contributed by atoms with van der Waals surface area (Å²) in [7, 11) is 0. The number of Topliss-reactive ketones (excluding diaryl/α,β-unsaturated/α-hetero) is 1. The summed E-state index contributed by atoms with van der Waals surface area (Å²) < 4.78 is 2.28. The molecule has 0 unspecified atom stereocenters. The number of hydrogen-bond donors (Lipinski definition) is 2. The summed E-state index contributed by atoms with van der Waals surface area (Å²) in [5.41, 5.74) is 11.0. The molecule has 1 aromatic carbocycles. The maximum absolute atomic E-state index is 13.0. The van der Waals surface area contributed by atoms with Crippen molar-refractivity contribution in [3.05, 3.63) is 62.3 Å². The van der Waals surface area contributed by atoms with Gasteiger partial charge in [0.1, 0.15) is 11.4 Å². The fourth-order valence-corrected chi connectivity index (χ4v) is 3.89. The lowest BCUT2D eigenvalue weighted by Gasteiger charge is -2.30. The highest BCUT2D eigenvalue weighted by molar-refractivity contribution is 6.01. The fourth-order valence-electron chi connectivity index (χ4n) is 3.89. The van der Waals surface area contributed by atoms with E-state index in [4.69, 9.17) is 11.5 Å². The van der Waals surface area contributed by atoms with E-state index in [-0.39, 0.29) is 36.9 Å². The molecule has 0 spiro atoms. The van der Waals surface area contributed by atoms with E-state index < -0.39 is 22.9 Å². The van der Waals surface area contributed by atoms with Gasteiger partial charge in [0, 0.05) is 13.1 Å². The minimum absolute atomic E-state index is 0.0591. The van der Waals surface area contributed by atoms with Gasteiger partial charge >= 0.3 is 5.69 Å². The van der Waals surface area contributed by atoms with E-state index in [1.165, 1.54) is 4.57 Å². The van der Waals surface area contributed by atoms with Gasteiger partial charge in [-0.1, -0.05) is 30.3 Å². The molecule has 9 nitrogen and oxygen atoms in total. The molecular weight excluding hydrogens is 386 g/mol. The first-order valence-corrected chi connectivity index (χ1v) is 10.0. The van der Waals surface area contributed by atoms with Crippen molar-refractivity contribution in [2.75, 3.05) is 25.4 Å². The van der Waals surface area contributed by atoms with E-state index in [2.05, 4.69) is 0 Å². The first-order chi connectivity index (χ1) is 14.3. The molecule has 3 rings (SSSR count). The van der Waals surface area contributed by atoms with Gasteiger partial charge in [0.05, 0.1) is 19.0 Å². The predicted molar refractivity (Wildman–Crippen MR) is 113 cm³/mol. The van der Waals surface area contributed by atoms with Crippen molar-refractivity contribution in [3.8, 4) is 0 Å². The summed E-state index contributed by atoms with van der Waals surface area (Å²) in [6.45, 7) is 2.88. The fraction of sp³-hybridized carbons (Fsp3) is 0.429. The van der Waals surface area contributed by atoms with Crippen molar-refractivity contribution in [1.82, 2.24) is 14.0 Å². The van der Waals surface area contributed by atoms with Crippen molar-refractivity contribution in [1.29, 1.82) is 0 Å². The number of ketones is 1. The molecule has 1 fully saturated rings. The highest BCUT2D eigenvalue weighted by atomic mass is 16.2. The van der Waals surface area contributed by atoms with Crippen LogP contribution < -0.4 is 22.7 Å². The van der Waals surface area contributed by atoms with E-state index >= 15 is 0 Å². The van der Waals surface area contributed by atoms with Gasteiger partial charge in [0.2, 0.25) is 5.91 Å². The number of piperidine rings is 1. The van der Waals surface area contributed by atoms with Gasteiger partial charge in [0.15, 0.2) is 5.78 Å². The van der Waals surface area contributed by atoms with Crippen LogP contribution >= 0.6 is 0 Å². The summed E-state index contributed by atoms with van der Waals surface area (Å²) in [6, 6.07) is 9.21. The van der Waals surface area contributed by atoms with E-state index in [1.807, 2.05) is 35.2 Å². The van der Waals surface area contributed by atoms with Gasteiger partial charge in [-0.25, -0.2) is 4.79 Å². The van der Waals surface area contributed by atoms with Gasteiger partial charge in [-0.15, -0.1) is 0 Å². The molecule has 0 saturated carbocycles. The Bertz CT molecular complexity index is 1060. The van der Waals surface area contributed by atoms with Crippen LogP contribution in [0, 0.1) is 5.92 Å². The van der Waals surface area contributed by atoms with E-state index in [0.29, 0.717) is 19.5 Å². The monoisotopic (exact) mass is 413 g/mol. The second-order valence-electron chi connectivity index (χ2n) is 7.56. The standard InChI is InChI=1S/C21H27N5O4/c1-2-25-20(29)17(16(27)13-24-10-6-9-15(12-24)19(23)28)18(22)26(21(25)30)11-14-7-4-3-5-8-14/h3-5,7-8,15H,2,6,9-13,22H2,1H3,(H2,23,28)/t15-/m1/s1. The van der Waals surface area contributed by atoms with Crippen LogP contribution in [0.5, 0.6) is 0 Å². The molecule has 1 amide bonds. The van der Waals surface area contributed by atoms with Crippen molar-refractivity contribution in [3.63, 3.8) is 0 Å². The maximum atomic E-state index is 13.0. The van der Waals surface area contributed by atoms with Crippen molar-refractivity contribution >= 4 is 17.5 Å². The minimum atomic E-state index is -0.683. The number of likely N-dealkylation sites (tertiary alicyclic amines) is 1. The summed E-state index contributed by atoms with van der Waals surface area (Å²) in [6.07, 6.45) is 1.43. The molecule has 1 aromatic heterocycles. The lowest BCUT2D eigenvalue weighted by Crippen LogP contribution is -2.47. The Morgan fingerprint density at radius 1 is 1.13 bits per heavy atom. The number of carbonyl (C=O) groups is 2. The highest BCUT2D eigenvalue weighted by Crippen LogP contribution is 2.17. The Hall–Kier alpha value is -3.20. The molecule has 0 aliphatic carbocycles. The van der Waals surface area contributed by atoms with Gasteiger partial charge in [-0.2, -0.15) is 0 Å². The van der Waals surface area contributed by atoms with Crippen LogP contribution in [0.25, 0.3) is 0 Å². The van der Waals surface area contributed by atoms with Crippen LogP contribution in [0.2, 0.25) is 0 Å². The van der Waals surface area contributed by atoms with Crippen molar-refractivity contribution in [2.45, 2.75) is 32.9 Å².